The maximum atomic E-state index is 10.2. The summed E-state index contributed by atoms with van der Waals surface area (Å²) in [4.78, 5) is 10.2. The van der Waals surface area contributed by atoms with Gasteiger partial charge in [0.2, 0.25) is 0 Å². The maximum Gasteiger partial charge on any atom is 1.00 e. The second kappa shape index (κ2) is 6.16. The van der Waals surface area contributed by atoms with Gasteiger partial charge in [0.15, 0.2) is 0 Å². The van der Waals surface area contributed by atoms with Crippen LogP contribution in [0.1, 0.15) is 21.7 Å². The maximum absolute atomic E-state index is 10.2. The fraction of sp³-hybridized carbons (Fsp3) is 0.833. The predicted octanol–water partition coefficient (Wildman–Crippen LogP) is -2.44. The third-order valence-corrected chi connectivity index (χ3v) is 1.54. The van der Waals surface area contributed by atoms with E-state index in [0.717, 1.165) is 6.42 Å². The van der Waals surface area contributed by atoms with Crippen molar-refractivity contribution in [3.8, 4) is 0 Å². The van der Waals surface area contributed by atoms with Crippen LogP contribution in [-0.4, -0.2) is 17.1 Å². The molecule has 56 valence electrons. The van der Waals surface area contributed by atoms with Gasteiger partial charge in [-0.3, -0.25) is 4.79 Å². The number of rotatable bonds is 3. The Kier molecular flexibility index (Phi) is 8.04. The van der Waals surface area contributed by atoms with E-state index in [1.165, 1.54) is 0 Å². The Bertz CT molecular complexity index is 113. The van der Waals surface area contributed by atoms with Crippen molar-refractivity contribution in [1.82, 2.24) is 0 Å². The van der Waals surface area contributed by atoms with Crippen molar-refractivity contribution in [2.75, 3.05) is 0 Å². The molecule has 0 saturated heterocycles. The van der Waals surface area contributed by atoms with E-state index in [4.69, 9.17) is 10.8 Å². The van der Waals surface area contributed by atoms with Gasteiger partial charge in [0.25, 0.3) is 0 Å². The van der Waals surface area contributed by atoms with Crippen molar-refractivity contribution in [2.24, 2.45) is 11.7 Å². The van der Waals surface area contributed by atoms with E-state index in [0.29, 0.717) is 0 Å². The van der Waals surface area contributed by atoms with Crippen molar-refractivity contribution in [3.63, 3.8) is 0 Å². The van der Waals surface area contributed by atoms with Crippen molar-refractivity contribution in [3.05, 3.63) is 0 Å². The molecule has 0 aromatic rings. The largest absolute Gasteiger partial charge is 1.00 e. The second-order valence-electron chi connectivity index (χ2n) is 2.25. The number of aliphatic carboxylic acids is 1. The first kappa shape index (κ1) is 13.1. The zero-order valence-electron chi connectivity index (χ0n) is 7.79. The average Bonchev–Trinajstić information content (AvgIpc) is 1.84. The summed E-state index contributed by atoms with van der Waals surface area (Å²) in [6.45, 7) is 3.76. The van der Waals surface area contributed by atoms with Crippen LogP contribution in [-0.2, 0) is 4.79 Å². The van der Waals surface area contributed by atoms with Crippen LogP contribution in [0.2, 0.25) is 0 Å². The van der Waals surface area contributed by atoms with Crippen molar-refractivity contribution < 1.29 is 40.9 Å². The summed E-state index contributed by atoms with van der Waals surface area (Å²) >= 11 is 0. The number of carboxylic acid groups (broad SMARTS) is 1. The number of carbonyl (C=O) groups is 1. The summed E-state index contributed by atoms with van der Waals surface area (Å²) < 4.78 is 0. The molecule has 0 unspecified atom stereocenters. The third kappa shape index (κ3) is 4.28. The Balaban J connectivity index is -0.000000320. The molecule has 0 fully saturated rings. The molecule has 0 aliphatic rings. The zero-order valence-corrected chi connectivity index (χ0v) is 8.79. The Morgan fingerprint density at radius 2 is 2.20 bits per heavy atom. The van der Waals surface area contributed by atoms with E-state index in [1.807, 2.05) is 13.8 Å². The first-order valence-corrected chi connectivity index (χ1v) is 3.08. The molecule has 0 amide bonds. The summed E-state index contributed by atoms with van der Waals surface area (Å²) in [5.41, 5.74) is 5.27. The fourth-order valence-electron chi connectivity index (χ4n) is 0.497. The molecular weight excluding hydrogens is 141 g/mol. The SMILES string of the molecule is CC[C@H](C)[C@H](N)C(=O)O.[H-].[Na+]. The van der Waals surface area contributed by atoms with E-state index in [9.17, 15) is 4.79 Å². The zero-order chi connectivity index (χ0) is 7.44. The van der Waals surface area contributed by atoms with Gasteiger partial charge in [0.05, 0.1) is 0 Å². The molecule has 0 rings (SSSR count). The Morgan fingerprint density at radius 1 is 1.80 bits per heavy atom. The molecule has 0 aromatic carbocycles. The summed E-state index contributed by atoms with van der Waals surface area (Å²) in [6, 6.07) is -0.699. The Morgan fingerprint density at radius 3 is 2.30 bits per heavy atom. The second-order valence-corrected chi connectivity index (χ2v) is 2.25. The molecule has 3 nitrogen and oxygen atoms in total. The van der Waals surface area contributed by atoms with Crippen LogP contribution in [0, 0.1) is 5.92 Å². The molecule has 0 spiro atoms. The van der Waals surface area contributed by atoms with Crippen molar-refractivity contribution >= 4 is 5.97 Å². The predicted molar refractivity (Wildman–Crippen MR) is 36.2 cm³/mol. The van der Waals surface area contributed by atoms with E-state index in [-0.39, 0.29) is 36.9 Å². The van der Waals surface area contributed by atoms with Gasteiger partial charge >= 0.3 is 35.5 Å². The smallest absolute Gasteiger partial charge is 1.00 e. The molecule has 0 aliphatic carbocycles. The molecular formula is C6H14NNaO2. The first-order valence-electron chi connectivity index (χ1n) is 3.08. The summed E-state index contributed by atoms with van der Waals surface area (Å²) in [5.74, 6) is -0.841. The molecule has 0 saturated carbocycles. The molecule has 0 heterocycles. The molecule has 3 N–H and O–H groups in total. The van der Waals surface area contributed by atoms with Crippen LogP contribution >= 0.6 is 0 Å². The molecule has 4 heteroatoms. The molecule has 10 heavy (non-hydrogen) atoms. The van der Waals surface area contributed by atoms with Gasteiger partial charge in [-0.2, -0.15) is 0 Å². The van der Waals surface area contributed by atoms with E-state index in [2.05, 4.69) is 0 Å². The van der Waals surface area contributed by atoms with Crippen LogP contribution < -0.4 is 35.3 Å². The Labute approximate surface area is 84.8 Å². The van der Waals surface area contributed by atoms with Crippen LogP contribution in [0.5, 0.6) is 0 Å². The van der Waals surface area contributed by atoms with Crippen LogP contribution in [0.15, 0.2) is 0 Å². The third-order valence-electron chi connectivity index (χ3n) is 1.54. The van der Waals surface area contributed by atoms with E-state index < -0.39 is 12.0 Å². The minimum absolute atomic E-state index is 0. The fourth-order valence-corrected chi connectivity index (χ4v) is 0.497. The number of hydrogen-bond acceptors (Lipinski definition) is 2. The summed E-state index contributed by atoms with van der Waals surface area (Å²) in [6.07, 6.45) is 0.813. The van der Waals surface area contributed by atoms with Gasteiger partial charge in [-0.05, 0) is 5.92 Å². The number of carboxylic acids is 1. The normalized spacial score (nSPS) is 15.1. The molecule has 0 radical (unpaired) electrons. The Hall–Kier alpha value is 0.430. The van der Waals surface area contributed by atoms with Gasteiger partial charge in [-0.25, -0.2) is 0 Å². The van der Waals surface area contributed by atoms with E-state index in [1.54, 1.807) is 0 Å². The van der Waals surface area contributed by atoms with Crippen LogP contribution in [0.3, 0.4) is 0 Å². The molecule has 0 bridgehead atoms. The van der Waals surface area contributed by atoms with Gasteiger partial charge in [0, 0.05) is 0 Å². The van der Waals surface area contributed by atoms with Crippen molar-refractivity contribution in [1.29, 1.82) is 0 Å². The van der Waals surface area contributed by atoms with Crippen molar-refractivity contribution in [2.45, 2.75) is 26.3 Å². The molecule has 0 aliphatic heterocycles. The minimum Gasteiger partial charge on any atom is -1.00 e. The molecule has 0 aromatic heterocycles. The molecule has 2 atom stereocenters. The summed E-state index contributed by atoms with van der Waals surface area (Å²) in [5, 5.41) is 8.36. The van der Waals surface area contributed by atoms with E-state index >= 15 is 0 Å². The first-order chi connectivity index (χ1) is 4.09. The van der Waals surface area contributed by atoms with Crippen LogP contribution in [0.4, 0.5) is 0 Å². The topological polar surface area (TPSA) is 63.3 Å². The standard InChI is InChI=1S/C6H13NO2.Na.H/c1-3-4(2)5(7)6(8)9;;/h4-5H,3,7H2,1-2H3,(H,8,9);;/q;+1;-1/t4-,5-;;/m0../s1. The van der Waals surface area contributed by atoms with Crippen LogP contribution in [0.25, 0.3) is 0 Å². The van der Waals surface area contributed by atoms with Gasteiger partial charge in [0.1, 0.15) is 6.04 Å². The monoisotopic (exact) mass is 155 g/mol. The van der Waals surface area contributed by atoms with Gasteiger partial charge < -0.3 is 12.3 Å². The summed E-state index contributed by atoms with van der Waals surface area (Å²) in [7, 11) is 0. The quantitative estimate of drug-likeness (QED) is 0.445. The number of hydrogen-bond donors (Lipinski definition) is 2. The minimum atomic E-state index is -0.913. The number of nitrogens with two attached hydrogens (primary N) is 1. The average molecular weight is 155 g/mol. The van der Waals surface area contributed by atoms with Gasteiger partial charge in [-0.15, -0.1) is 0 Å². The van der Waals surface area contributed by atoms with Gasteiger partial charge in [-0.1, -0.05) is 20.3 Å².